The summed E-state index contributed by atoms with van der Waals surface area (Å²) in [7, 11) is 1.99. The number of aromatic nitrogens is 2. The molecule has 1 aliphatic heterocycles. The molecule has 108 valence electrons. The monoisotopic (exact) mass is 264 g/mol. The molecule has 2 rings (SSSR count). The van der Waals surface area contributed by atoms with Gasteiger partial charge in [0.25, 0.3) is 0 Å². The van der Waals surface area contributed by atoms with Gasteiger partial charge < -0.3 is 10.2 Å². The summed E-state index contributed by atoms with van der Waals surface area (Å²) in [4.78, 5) is 2.60. The van der Waals surface area contributed by atoms with Crippen LogP contribution < -0.4 is 5.32 Å². The van der Waals surface area contributed by atoms with Crippen LogP contribution in [0, 0.1) is 6.92 Å². The molecular weight excluding hydrogens is 236 g/mol. The van der Waals surface area contributed by atoms with Gasteiger partial charge in [-0.3, -0.25) is 4.68 Å². The first-order valence-corrected chi connectivity index (χ1v) is 7.62. The summed E-state index contributed by atoms with van der Waals surface area (Å²) in [6.45, 7) is 9.11. The fraction of sp³-hybridized carbons (Fsp3) is 0.800. The Morgan fingerprint density at radius 3 is 2.53 bits per heavy atom. The molecule has 0 aromatic carbocycles. The van der Waals surface area contributed by atoms with E-state index in [1.54, 1.807) is 0 Å². The van der Waals surface area contributed by atoms with E-state index in [-0.39, 0.29) is 0 Å². The Labute approximate surface area is 117 Å². The highest BCUT2D eigenvalue weighted by molar-refractivity contribution is 5.19. The minimum Gasteiger partial charge on any atom is -0.309 e. The van der Waals surface area contributed by atoms with E-state index in [0.29, 0.717) is 6.04 Å². The van der Waals surface area contributed by atoms with Crippen LogP contribution >= 0.6 is 0 Å². The van der Waals surface area contributed by atoms with E-state index in [2.05, 4.69) is 35.4 Å². The standard InChI is InChI=1S/C15H28N4/c1-13(15-12-18(3)17-14(15)2)16-8-11-19-9-6-4-5-7-10-19/h12-13,16H,4-11H2,1-3H3. The van der Waals surface area contributed by atoms with Crippen LogP contribution in [0.5, 0.6) is 0 Å². The maximum atomic E-state index is 4.41. The molecule has 19 heavy (non-hydrogen) atoms. The zero-order chi connectivity index (χ0) is 13.7. The minimum atomic E-state index is 0.390. The van der Waals surface area contributed by atoms with Gasteiger partial charge in [0.15, 0.2) is 0 Å². The summed E-state index contributed by atoms with van der Waals surface area (Å²) in [6, 6.07) is 0.390. The van der Waals surface area contributed by atoms with E-state index in [9.17, 15) is 0 Å². The lowest BCUT2D eigenvalue weighted by molar-refractivity contribution is 0.280. The minimum absolute atomic E-state index is 0.390. The zero-order valence-electron chi connectivity index (χ0n) is 12.7. The molecule has 0 spiro atoms. The van der Waals surface area contributed by atoms with Crippen molar-refractivity contribution in [3.05, 3.63) is 17.5 Å². The molecule has 4 heteroatoms. The Balaban J connectivity index is 1.74. The lowest BCUT2D eigenvalue weighted by atomic mass is 10.1. The van der Waals surface area contributed by atoms with Crippen molar-refractivity contribution in [3.63, 3.8) is 0 Å². The second kappa shape index (κ2) is 7.06. The highest BCUT2D eigenvalue weighted by atomic mass is 15.3. The first kappa shape index (κ1) is 14.5. The Bertz CT molecular complexity index is 377. The Morgan fingerprint density at radius 2 is 1.95 bits per heavy atom. The van der Waals surface area contributed by atoms with Gasteiger partial charge in [-0.2, -0.15) is 5.10 Å². The summed E-state index contributed by atoms with van der Waals surface area (Å²) in [5.41, 5.74) is 2.45. The molecule has 1 unspecified atom stereocenters. The molecule has 1 fully saturated rings. The number of rotatable bonds is 5. The molecule has 1 atom stereocenters. The Morgan fingerprint density at radius 1 is 1.26 bits per heavy atom. The van der Waals surface area contributed by atoms with E-state index in [0.717, 1.165) is 12.2 Å². The Hall–Kier alpha value is -0.870. The molecule has 1 aromatic heterocycles. The van der Waals surface area contributed by atoms with Crippen molar-refractivity contribution in [2.75, 3.05) is 26.2 Å². The van der Waals surface area contributed by atoms with Crippen molar-refractivity contribution in [1.29, 1.82) is 0 Å². The summed E-state index contributed by atoms with van der Waals surface area (Å²) >= 11 is 0. The third-order valence-corrected chi connectivity index (χ3v) is 4.10. The van der Waals surface area contributed by atoms with Gasteiger partial charge in [-0.05, 0) is 39.8 Å². The van der Waals surface area contributed by atoms with E-state index >= 15 is 0 Å². The number of nitrogens with one attached hydrogen (secondary N) is 1. The van der Waals surface area contributed by atoms with Crippen LogP contribution in [0.2, 0.25) is 0 Å². The third kappa shape index (κ3) is 4.32. The Kier molecular flexibility index (Phi) is 5.40. The van der Waals surface area contributed by atoms with Crippen molar-refractivity contribution in [2.45, 2.75) is 45.6 Å². The van der Waals surface area contributed by atoms with Crippen LogP contribution in [-0.4, -0.2) is 40.9 Å². The lowest BCUT2D eigenvalue weighted by Gasteiger charge is -2.21. The van der Waals surface area contributed by atoms with Crippen molar-refractivity contribution in [2.24, 2.45) is 7.05 Å². The maximum absolute atomic E-state index is 4.41. The average molecular weight is 264 g/mol. The molecule has 4 nitrogen and oxygen atoms in total. The second-order valence-corrected chi connectivity index (χ2v) is 5.78. The number of aryl methyl sites for hydroxylation is 2. The van der Waals surface area contributed by atoms with Gasteiger partial charge in [0, 0.05) is 37.9 Å². The van der Waals surface area contributed by atoms with E-state index < -0.39 is 0 Å². The molecule has 0 saturated carbocycles. The highest BCUT2D eigenvalue weighted by Gasteiger charge is 2.12. The first-order chi connectivity index (χ1) is 9.16. The number of hydrogen-bond donors (Lipinski definition) is 1. The first-order valence-electron chi connectivity index (χ1n) is 7.62. The van der Waals surface area contributed by atoms with Crippen molar-refractivity contribution < 1.29 is 0 Å². The summed E-state index contributed by atoms with van der Waals surface area (Å²) in [6.07, 6.45) is 7.69. The van der Waals surface area contributed by atoms with Crippen LogP contribution in [0.4, 0.5) is 0 Å². The fourth-order valence-corrected chi connectivity index (χ4v) is 2.95. The van der Waals surface area contributed by atoms with Crippen LogP contribution in [0.25, 0.3) is 0 Å². The van der Waals surface area contributed by atoms with Crippen molar-refractivity contribution >= 4 is 0 Å². The fourth-order valence-electron chi connectivity index (χ4n) is 2.95. The number of likely N-dealkylation sites (tertiary alicyclic amines) is 1. The summed E-state index contributed by atoms with van der Waals surface area (Å²) in [5, 5.41) is 8.03. The van der Waals surface area contributed by atoms with Crippen molar-refractivity contribution in [1.82, 2.24) is 20.0 Å². The summed E-state index contributed by atoms with van der Waals surface area (Å²) in [5.74, 6) is 0. The topological polar surface area (TPSA) is 33.1 Å². The summed E-state index contributed by atoms with van der Waals surface area (Å²) < 4.78 is 1.90. The molecule has 0 amide bonds. The normalized spacial score (nSPS) is 19.3. The predicted molar refractivity (Wildman–Crippen MR) is 79.3 cm³/mol. The average Bonchev–Trinajstić information content (AvgIpc) is 2.58. The maximum Gasteiger partial charge on any atom is 0.0641 e. The number of hydrogen-bond acceptors (Lipinski definition) is 3. The van der Waals surface area contributed by atoms with Gasteiger partial charge >= 0.3 is 0 Å². The molecule has 2 heterocycles. The van der Waals surface area contributed by atoms with Gasteiger partial charge in [-0.25, -0.2) is 0 Å². The molecular formula is C15H28N4. The second-order valence-electron chi connectivity index (χ2n) is 5.78. The SMILES string of the molecule is Cc1nn(C)cc1C(C)NCCN1CCCCCC1. The van der Waals surface area contributed by atoms with Gasteiger partial charge in [0.2, 0.25) is 0 Å². The smallest absolute Gasteiger partial charge is 0.0641 e. The van der Waals surface area contributed by atoms with E-state index in [1.165, 1.54) is 50.9 Å². The zero-order valence-corrected chi connectivity index (χ0v) is 12.7. The highest BCUT2D eigenvalue weighted by Crippen LogP contribution is 2.15. The molecule has 0 bridgehead atoms. The van der Waals surface area contributed by atoms with Gasteiger partial charge in [0.05, 0.1) is 5.69 Å². The third-order valence-electron chi connectivity index (χ3n) is 4.10. The molecule has 0 radical (unpaired) electrons. The molecule has 1 N–H and O–H groups in total. The lowest BCUT2D eigenvalue weighted by Crippen LogP contribution is -2.33. The number of nitrogens with zero attached hydrogens (tertiary/aromatic N) is 3. The predicted octanol–water partition coefficient (Wildman–Crippen LogP) is 2.26. The largest absolute Gasteiger partial charge is 0.309 e. The van der Waals surface area contributed by atoms with Crippen LogP contribution in [0.1, 0.15) is 49.9 Å². The van der Waals surface area contributed by atoms with E-state index in [1.807, 2.05) is 11.7 Å². The van der Waals surface area contributed by atoms with E-state index in [4.69, 9.17) is 0 Å². The molecule has 1 aliphatic rings. The van der Waals surface area contributed by atoms with Crippen LogP contribution in [0.3, 0.4) is 0 Å². The van der Waals surface area contributed by atoms with Crippen LogP contribution in [-0.2, 0) is 7.05 Å². The van der Waals surface area contributed by atoms with Crippen LogP contribution in [0.15, 0.2) is 6.20 Å². The van der Waals surface area contributed by atoms with Gasteiger partial charge in [0.1, 0.15) is 0 Å². The van der Waals surface area contributed by atoms with Crippen molar-refractivity contribution in [3.8, 4) is 0 Å². The quantitative estimate of drug-likeness (QED) is 0.885. The van der Waals surface area contributed by atoms with Gasteiger partial charge in [-0.15, -0.1) is 0 Å². The molecule has 1 saturated heterocycles. The van der Waals surface area contributed by atoms with Gasteiger partial charge in [-0.1, -0.05) is 12.8 Å². The molecule has 0 aliphatic carbocycles. The molecule has 1 aromatic rings.